The van der Waals surface area contributed by atoms with Crippen LogP contribution in [0.5, 0.6) is 0 Å². The minimum atomic E-state index is -0.135. The third kappa shape index (κ3) is 2.44. The van der Waals surface area contributed by atoms with E-state index < -0.39 is 0 Å². The van der Waals surface area contributed by atoms with Gasteiger partial charge in [0.2, 0.25) is 0 Å². The summed E-state index contributed by atoms with van der Waals surface area (Å²) in [5, 5.41) is 1.05. The number of nitrogens with two attached hydrogens (primary N) is 1. The average Bonchev–Trinajstić information content (AvgIpc) is 3.04. The first kappa shape index (κ1) is 12.8. The topological polar surface area (TPSA) is 56.7 Å². The Morgan fingerprint density at radius 3 is 3.05 bits per heavy atom. The number of rotatable bonds is 4. The Bertz CT molecular complexity index is 534. The minimum Gasteiger partial charge on any atom is -0.333 e. The summed E-state index contributed by atoms with van der Waals surface area (Å²) < 4.78 is 2.14. The zero-order valence-corrected chi connectivity index (χ0v) is 12.1. The van der Waals surface area contributed by atoms with Gasteiger partial charge in [-0.1, -0.05) is 6.92 Å². The van der Waals surface area contributed by atoms with Crippen molar-refractivity contribution in [3.63, 3.8) is 0 Å². The molecule has 2 N–H and O–H groups in total. The summed E-state index contributed by atoms with van der Waals surface area (Å²) in [4.78, 5) is 10.4. The van der Waals surface area contributed by atoms with Crippen LogP contribution in [0, 0.1) is 0 Å². The van der Waals surface area contributed by atoms with Crippen LogP contribution in [0.15, 0.2) is 12.5 Å². The number of fused-ring (bicyclic) bond motifs is 1. The van der Waals surface area contributed by atoms with E-state index in [0.29, 0.717) is 0 Å². The fourth-order valence-electron chi connectivity index (χ4n) is 2.65. The van der Waals surface area contributed by atoms with Gasteiger partial charge >= 0.3 is 0 Å². The monoisotopic (exact) mass is 276 g/mol. The normalized spacial score (nSPS) is 16.3. The summed E-state index contributed by atoms with van der Waals surface area (Å²) in [6.45, 7) is 3.13. The molecule has 0 aliphatic heterocycles. The molecule has 2 heterocycles. The molecule has 1 unspecified atom stereocenters. The molecule has 0 fully saturated rings. The highest BCUT2D eigenvalue weighted by Gasteiger charge is 2.21. The molecule has 0 spiro atoms. The van der Waals surface area contributed by atoms with Crippen LogP contribution in [0.3, 0.4) is 0 Å². The fourth-order valence-corrected chi connectivity index (χ4v) is 3.82. The quantitative estimate of drug-likeness (QED) is 0.934. The highest BCUT2D eigenvalue weighted by Crippen LogP contribution is 2.31. The molecule has 1 aliphatic carbocycles. The largest absolute Gasteiger partial charge is 0.333 e. The zero-order valence-electron chi connectivity index (χ0n) is 11.3. The Morgan fingerprint density at radius 2 is 2.26 bits per heavy atom. The van der Waals surface area contributed by atoms with Gasteiger partial charge in [0.15, 0.2) is 0 Å². The molecule has 0 saturated heterocycles. The third-order valence-electron chi connectivity index (χ3n) is 3.66. The van der Waals surface area contributed by atoms with Crippen molar-refractivity contribution in [1.82, 2.24) is 14.5 Å². The standard InChI is InChI=1S/C14H20N4S/c1-2-7-18-9-16-8-11(18)13(15)14-17-10-5-3-4-6-12(10)19-14/h8-9,13H,2-7,15H2,1H3. The van der Waals surface area contributed by atoms with Crippen molar-refractivity contribution in [3.05, 3.63) is 33.8 Å². The molecule has 2 aromatic rings. The van der Waals surface area contributed by atoms with Crippen LogP contribution in [0.1, 0.15) is 53.5 Å². The predicted octanol–water partition coefficient (Wildman–Crippen LogP) is 2.68. The van der Waals surface area contributed by atoms with Crippen LogP contribution in [0.2, 0.25) is 0 Å². The first-order chi connectivity index (χ1) is 9.29. The maximum atomic E-state index is 6.39. The smallest absolute Gasteiger partial charge is 0.116 e. The fraction of sp³-hybridized carbons (Fsp3) is 0.571. The van der Waals surface area contributed by atoms with E-state index in [1.165, 1.54) is 29.8 Å². The van der Waals surface area contributed by atoms with E-state index in [-0.39, 0.29) is 6.04 Å². The second-order valence-electron chi connectivity index (χ2n) is 5.12. The molecule has 2 aromatic heterocycles. The van der Waals surface area contributed by atoms with Gasteiger partial charge in [-0.25, -0.2) is 9.97 Å². The van der Waals surface area contributed by atoms with Crippen LogP contribution in [-0.4, -0.2) is 14.5 Å². The lowest BCUT2D eigenvalue weighted by Crippen LogP contribution is -2.16. The summed E-state index contributed by atoms with van der Waals surface area (Å²) in [6, 6.07) is -0.135. The Labute approximate surface area is 117 Å². The predicted molar refractivity (Wildman–Crippen MR) is 77.3 cm³/mol. The molecule has 0 bridgehead atoms. The number of thiazole rings is 1. The van der Waals surface area contributed by atoms with E-state index in [0.717, 1.165) is 30.1 Å². The van der Waals surface area contributed by atoms with Gasteiger partial charge in [-0.2, -0.15) is 0 Å². The van der Waals surface area contributed by atoms with Gasteiger partial charge in [-0.05, 0) is 32.1 Å². The highest BCUT2D eigenvalue weighted by molar-refractivity contribution is 7.11. The molecule has 5 heteroatoms. The van der Waals surface area contributed by atoms with Crippen molar-refractivity contribution in [2.75, 3.05) is 0 Å². The number of hydrogen-bond acceptors (Lipinski definition) is 4. The minimum absolute atomic E-state index is 0.135. The summed E-state index contributed by atoms with van der Waals surface area (Å²) in [5.41, 5.74) is 8.75. The highest BCUT2D eigenvalue weighted by atomic mass is 32.1. The molecule has 0 amide bonds. The van der Waals surface area contributed by atoms with Gasteiger partial charge in [-0.15, -0.1) is 11.3 Å². The Morgan fingerprint density at radius 1 is 1.42 bits per heavy atom. The van der Waals surface area contributed by atoms with E-state index >= 15 is 0 Å². The molecule has 3 rings (SSSR count). The second kappa shape index (κ2) is 5.43. The molecular weight excluding hydrogens is 256 g/mol. The number of nitrogens with zero attached hydrogens (tertiary/aromatic N) is 3. The number of aromatic nitrogens is 3. The Kier molecular flexibility index (Phi) is 3.66. The van der Waals surface area contributed by atoms with Crippen molar-refractivity contribution in [1.29, 1.82) is 0 Å². The molecule has 4 nitrogen and oxygen atoms in total. The molecule has 0 saturated carbocycles. The lowest BCUT2D eigenvalue weighted by atomic mass is 10.0. The van der Waals surface area contributed by atoms with E-state index in [2.05, 4.69) is 16.5 Å². The van der Waals surface area contributed by atoms with E-state index in [9.17, 15) is 0 Å². The van der Waals surface area contributed by atoms with Gasteiger partial charge in [0.05, 0.1) is 30.0 Å². The van der Waals surface area contributed by atoms with Crippen molar-refractivity contribution in [2.24, 2.45) is 5.73 Å². The second-order valence-corrected chi connectivity index (χ2v) is 6.23. The maximum Gasteiger partial charge on any atom is 0.116 e. The average molecular weight is 276 g/mol. The van der Waals surface area contributed by atoms with Crippen molar-refractivity contribution in [2.45, 2.75) is 51.6 Å². The molecule has 1 atom stereocenters. The van der Waals surface area contributed by atoms with Crippen LogP contribution in [-0.2, 0) is 19.4 Å². The molecule has 1 aliphatic rings. The number of imidazole rings is 1. The number of hydrogen-bond donors (Lipinski definition) is 1. The first-order valence-corrected chi connectivity index (χ1v) is 7.85. The molecule has 0 radical (unpaired) electrons. The van der Waals surface area contributed by atoms with Crippen molar-refractivity contribution in [3.8, 4) is 0 Å². The zero-order chi connectivity index (χ0) is 13.2. The van der Waals surface area contributed by atoms with E-state index in [4.69, 9.17) is 10.7 Å². The lowest BCUT2D eigenvalue weighted by molar-refractivity contribution is 0.622. The van der Waals surface area contributed by atoms with Crippen LogP contribution in [0.4, 0.5) is 0 Å². The molecule has 102 valence electrons. The summed E-state index contributed by atoms with van der Waals surface area (Å²) in [5.74, 6) is 0. The molecular formula is C14H20N4S. The first-order valence-electron chi connectivity index (χ1n) is 7.03. The van der Waals surface area contributed by atoms with Gasteiger partial charge in [0, 0.05) is 11.4 Å². The van der Waals surface area contributed by atoms with E-state index in [1.54, 1.807) is 11.3 Å². The van der Waals surface area contributed by atoms with Gasteiger partial charge in [-0.3, -0.25) is 0 Å². The Hall–Kier alpha value is -1.20. The van der Waals surface area contributed by atoms with Gasteiger partial charge in [0.1, 0.15) is 5.01 Å². The van der Waals surface area contributed by atoms with E-state index in [1.807, 2.05) is 12.5 Å². The van der Waals surface area contributed by atoms with Crippen LogP contribution < -0.4 is 5.73 Å². The van der Waals surface area contributed by atoms with Gasteiger partial charge < -0.3 is 10.3 Å². The summed E-state index contributed by atoms with van der Waals surface area (Å²) >= 11 is 1.79. The van der Waals surface area contributed by atoms with Crippen LogP contribution >= 0.6 is 11.3 Å². The third-order valence-corrected chi connectivity index (χ3v) is 4.90. The maximum absolute atomic E-state index is 6.39. The summed E-state index contributed by atoms with van der Waals surface area (Å²) in [7, 11) is 0. The van der Waals surface area contributed by atoms with Crippen molar-refractivity contribution < 1.29 is 0 Å². The Balaban J connectivity index is 1.88. The molecule has 19 heavy (non-hydrogen) atoms. The summed E-state index contributed by atoms with van der Waals surface area (Å²) in [6.07, 6.45) is 9.68. The number of aryl methyl sites for hydroxylation is 3. The van der Waals surface area contributed by atoms with Gasteiger partial charge in [0.25, 0.3) is 0 Å². The van der Waals surface area contributed by atoms with Crippen LogP contribution in [0.25, 0.3) is 0 Å². The SMILES string of the molecule is CCCn1cncc1C(N)c1nc2c(s1)CCCC2. The lowest BCUT2D eigenvalue weighted by Gasteiger charge is -2.11. The molecule has 0 aromatic carbocycles. The van der Waals surface area contributed by atoms with Crippen molar-refractivity contribution >= 4 is 11.3 Å².